The molecule has 1 saturated heterocycles. The monoisotopic (exact) mass is 339 g/mol. The molecule has 0 saturated carbocycles. The van der Waals surface area contributed by atoms with E-state index in [0.29, 0.717) is 19.1 Å². The Morgan fingerprint density at radius 1 is 1.12 bits per heavy atom. The number of ether oxygens (including phenoxy) is 2. The van der Waals surface area contributed by atoms with E-state index in [1.54, 1.807) is 18.3 Å². The van der Waals surface area contributed by atoms with Crippen LogP contribution in [0.3, 0.4) is 0 Å². The number of unbranched alkanes of at least 4 members (excludes halogenated alkanes) is 1. The maximum absolute atomic E-state index is 13.0. The molecule has 0 aliphatic carbocycles. The van der Waals surface area contributed by atoms with Gasteiger partial charge in [0.15, 0.2) is 0 Å². The summed E-state index contributed by atoms with van der Waals surface area (Å²) < 4.78 is 24.3. The van der Waals surface area contributed by atoms with Gasteiger partial charge in [-0.3, -0.25) is 4.98 Å². The van der Waals surface area contributed by atoms with Crippen LogP contribution in [0.4, 0.5) is 4.39 Å². The average Bonchev–Trinajstić information content (AvgIpc) is 2.67. The van der Waals surface area contributed by atoms with Crippen LogP contribution >= 0.6 is 0 Å². The number of hydrogen-bond donors (Lipinski definition) is 0. The Morgan fingerprint density at radius 2 is 1.88 bits per heavy atom. The van der Waals surface area contributed by atoms with Gasteiger partial charge in [-0.1, -0.05) is 25.7 Å². The van der Waals surface area contributed by atoms with E-state index in [1.165, 1.54) is 25.0 Å². The van der Waals surface area contributed by atoms with Crippen LogP contribution in [0.2, 0.25) is 0 Å². The van der Waals surface area contributed by atoms with E-state index >= 15 is 0 Å². The third kappa shape index (κ3) is 5.12. The molecule has 1 aliphatic rings. The van der Waals surface area contributed by atoms with E-state index in [9.17, 15) is 4.39 Å². The predicted octanol–water partition coefficient (Wildman–Crippen LogP) is 4.42. The first kappa shape index (κ1) is 17.6. The predicted molar refractivity (Wildman–Crippen MR) is 95.2 cm³/mol. The molecule has 0 amide bonds. The van der Waals surface area contributed by atoms with Gasteiger partial charge in [0, 0.05) is 23.2 Å². The summed E-state index contributed by atoms with van der Waals surface area (Å²) in [5, 5.41) is 0. The van der Waals surface area contributed by atoms with Crippen LogP contribution in [0.5, 0.6) is 0 Å². The molecule has 3 nitrogen and oxygen atoms in total. The van der Waals surface area contributed by atoms with Gasteiger partial charge >= 0.3 is 0 Å². The molecule has 0 bridgehead atoms. The molecule has 1 aliphatic heterocycles. The van der Waals surface area contributed by atoms with Gasteiger partial charge in [0.2, 0.25) is 6.29 Å². The normalized spacial score (nSPS) is 19.9. The molecule has 0 spiro atoms. The number of aromatic nitrogens is 1. The first-order valence-corrected chi connectivity index (χ1v) is 8.71. The highest BCUT2D eigenvalue weighted by molar-refractivity contribution is 5.59. The minimum absolute atomic E-state index is 0.254. The molecule has 25 heavy (non-hydrogen) atoms. The van der Waals surface area contributed by atoms with Crippen molar-refractivity contribution in [3.8, 4) is 23.1 Å². The molecular formula is C21H22FNO2. The van der Waals surface area contributed by atoms with Gasteiger partial charge in [0.25, 0.3) is 0 Å². The molecule has 0 radical (unpaired) electrons. The number of nitrogens with zero attached hydrogens (tertiary/aromatic N) is 1. The van der Waals surface area contributed by atoms with E-state index in [-0.39, 0.29) is 5.82 Å². The van der Waals surface area contributed by atoms with Crippen molar-refractivity contribution < 1.29 is 13.9 Å². The van der Waals surface area contributed by atoms with Crippen LogP contribution in [-0.2, 0) is 9.47 Å². The quantitative estimate of drug-likeness (QED) is 0.773. The summed E-state index contributed by atoms with van der Waals surface area (Å²) in [4.78, 5) is 4.38. The molecule has 0 unspecified atom stereocenters. The fourth-order valence-corrected chi connectivity index (χ4v) is 2.69. The van der Waals surface area contributed by atoms with Crippen LogP contribution in [0.25, 0.3) is 11.3 Å². The molecule has 2 heterocycles. The van der Waals surface area contributed by atoms with Gasteiger partial charge in [0.1, 0.15) is 5.82 Å². The Bertz CT molecular complexity index is 723. The summed E-state index contributed by atoms with van der Waals surface area (Å²) >= 11 is 0. The van der Waals surface area contributed by atoms with Gasteiger partial charge in [-0.15, -0.1) is 0 Å². The smallest absolute Gasteiger partial charge is 0.222 e. The first-order chi connectivity index (χ1) is 12.2. The fourth-order valence-electron chi connectivity index (χ4n) is 2.69. The first-order valence-electron chi connectivity index (χ1n) is 8.71. The molecule has 0 atom stereocenters. The number of benzene rings is 1. The van der Waals surface area contributed by atoms with Gasteiger partial charge in [0.05, 0.1) is 18.9 Å². The minimum atomic E-state index is -0.463. The van der Waals surface area contributed by atoms with Gasteiger partial charge in [-0.05, 0) is 48.7 Å². The van der Waals surface area contributed by atoms with E-state index in [0.717, 1.165) is 23.2 Å². The molecule has 2 aromatic rings. The van der Waals surface area contributed by atoms with Crippen molar-refractivity contribution in [2.24, 2.45) is 5.92 Å². The second-order valence-corrected chi connectivity index (χ2v) is 6.22. The van der Waals surface area contributed by atoms with Gasteiger partial charge < -0.3 is 9.47 Å². The number of halogens is 1. The summed E-state index contributed by atoms with van der Waals surface area (Å²) in [6, 6.07) is 10.0. The largest absolute Gasteiger partial charge is 0.342 e. The van der Waals surface area contributed by atoms with Crippen LogP contribution in [0, 0.1) is 23.6 Å². The Labute approximate surface area is 148 Å². The molecule has 1 aromatic heterocycles. The SMILES string of the molecule is CCCCC1COC(C#Cc2ccc(-c3ccc(F)cc3)nc2)OC1. The van der Waals surface area contributed by atoms with Crippen molar-refractivity contribution in [3.63, 3.8) is 0 Å². The lowest BCUT2D eigenvalue weighted by Gasteiger charge is -2.26. The van der Waals surface area contributed by atoms with E-state index in [2.05, 4.69) is 23.7 Å². The van der Waals surface area contributed by atoms with Crippen molar-refractivity contribution in [1.29, 1.82) is 0 Å². The molecule has 1 aromatic carbocycles. The van der Waals surface area contributed by atoms with Crippen molar-refractivity contribution >= 4 is 0 Å². The van der Waals surface area contributed by atoms with Crippen LogP contribution in [0.15, 0.2) is 42.6 Å². The van der Waals surface area contributed by atoms with Crippen LogP contribution in [0.1, 0.15) is 31.7 Å². The highest BCUT2D eigenvalue weighted by atomic mass is 19.1. The molecular weight excluding hydrogens is 317 g/mol. The molecule has 1 fully saturated rings. The number of rotatable bonds is 4. The molecule has 4 heteroatoms. The minimum Gasteiger partial charge on any atom is -0.342 e. The highest BCUT2D eigenvalue weighted by Crippen LogP contribution is 2.18. The summed E-state index contributed by atoms with van der Waals surface area (Å²) in [5.41, 5.74) is 2.46. The Balaban J connectivity index is 1.56. The summed E-state index contributed by atoms with van der Waals surface area (Å²) in [7, 11) is 0. The maximum atomic E-state index is 13.0. The summed E-state index contributed by atoms with van der Waals surface area (Å²) in [6.45, 7) is 3.61. The lowest BCUT2D eigenvalue weighted by molar-refractivity contribution is -0.170. The zero-order valence-corrected chi connectivity index (χ0v) is 14.4. The number of hydrogen-bond acceptors (Lipinski definition) is 3. The third-order valence-corrected chi connectivity index (χ3v) is 4.17. The van der Waals surface area contributed by atoms with Crippen molar-refractivity contribution in [3.05, 3.63) is 54.0 Å². The zero-order valence-electron chi connectivity index (χ0n) is 14.4. The van der Waals surface area contributed by atoms with E-state index in [4.69, 9.17) is 9.47 Å². The van der Waals surface area contributed by atoms with Crippen molar-refractivity contribution in [2.75, 3.05) is 13.2 Å². The van der Waals surface area contributed by atoms with Gasteiger partial charge in [-0.25, -0.2) is 4.39 Å². The molecule has 0 N–H and O–H groups in total. The second-order valence-electron chi connectivity index (χ2n) is 6.22. The molecule has 3 rings (SSSR count). The van der Waals surface area contributed by atoms with Crippen LogP contribution in [-0.4, -0.2) is 24.5 Å². The Kier molecular flexibility index (Phi) is 6.16. The Hall–Kier alpha value is -2.22. The third-order valence-electron chi connectivity index (χ3n) is 4.17. The topological polar surface area (TPSA) is 31.4 Å². The average molecular weight is 339 g/mol. The summed E-state index contributed by atoms with van der Waals surface area (Å²) in [6.07, 6.45) is 4.79. The van der Waals surface area contributed by atoms with E-state index in [1.807, 2.05) is 12.1 Å². The zero-order chi connectivity index (χ0) is 17.5. The van der Waals surface area contributed by atoms with Crippen molar-refractivity contribution in [2.45, 2.75) is 32.5 Å². The maximum Gasteiger partial charge on any atom is 0.222 e. The fraction of sp³-hybridized carbons (Fsp3) is 0.381. The second kappa shape index (κ2) is 8.75. The van der Waals surface area contributed by atoms with Gasteiger partial charge in [-0.2, -0.15) is 0 Å². The number of pyridine rings is 1. The highest BCUT2D eigenvalue weighted by Gasteiger charge is 2.20. The van der Waals surface area contributed by atoms with Crippen LogP contribution < -0.4 is 0 Å². The van der Waals surface area contributed by atoms with Crippen molar-refractivity contribution in [1.82, 2.24) is 4.98 Å². The molecule has 130 valence electrons. The standard InChI is InChI=1S/C21H22FNO2/c1-2-3-4-17-14-24-21(25-15-17)12-6-16-5-11-20(23-13-16)18-7-9-19(22)10-8-18/h5,7-11,13,17,21H,2-4,14-15H2,1H3. The lowest BCUT2D eigenvalue weighted by atomic mass is 10.0. The Morgan fingerprint density at radius 3 is 2.52 bits per heavy atom. The lowest BCUT2D eigenvalue weighted by Crippen LogP contribution is -2.31. The van der Waals surface area contributed by atoms with E-state index < -0.39 is 6.29 Å². The summed E-state index contributed by atoms with van der Waals surface area (Å²) in [5.74, 6) is 6.26.